The Balaban J connectivity index is 2.08. The first-order chi connectivity index (χ1) is 8.65. The van der Waals surface area contributed by atoms with Crippen LogP contribution in [0.5, 0.6) is 0 Å². The topological polar surface area (TPSA) is 62.7 Å². The van der Waals surface area contributed by atoms with Crippen molar-refractivity contribution < 1.29 is 4.79 Å². The van der Waals surface area contributed by atoms with Gasteiger partial charge in [-0.05, 0) is 37.2 Å². The maximum atomic E-state index is 11.2. The van der Waals surface area contributed by atoms with Gasteiger partial charge in [0, 0.05) is 19.2 Å². The van der Waals surface area contributed by atoms with Gasteiger partial charge >= 0.3 is 0 Å². The summed E-state index contributed by atoms with van der Waals surface area (Å²) in [7, 11) is 0. The van der Waals surface area contributed by atoms with Gasteiger partial charge in [0.1, 0.15) is 0 Å². The van der Waals surface area contributed by atoms with Crippen LogP contribution in [0.2, 0.25) is 0 Å². The molecule has 1 atom stereocenters. The average Bonchev–Trinajstić information content (AvgIpc) is 2.65. The number of rotatable bonds is 1. The molecule has 0 bridgehead atoms. The zero-order chi connectivity index (χ0) is 12.7. The third kappa shape index (κ3) is 1.82. The maximum Gasteiger partial charge on any atom is 0.220 e. The summed E-state index contributed by atoms with van der Waals surface area (Å²) in [6.07, 6.45) is 3.19. The van der Waals surface area contributed by atoms with E-state index in [4.69, 9.17) is 12.2 Å². The zero-order valence-corrected chi connectivity index (χ0v) is 10.9. The number of nitrogens with one attached hydrogen (secondary N) is 2. The normalized spacial score (nSPS) is 20.1. The summed E-state index contributed by atoms with van der Waals surface area (Å²) in [4.78, 5) is 18.8. The number of aromatic amines is 1. The monoisotopic (exact) mass is 262 g/mol. The first kappa shape index (κ1) is 11.4. The van der Waals surface area contributed by atoms with E-state index in [1.54, 1.807) is 0 Å². The second-order valence-corrected chi connectivity index (χ2v) is 5.07. The molecule has 0 saturated carbocycles. The van der Waals surface area contributed by atoms with Gasteiger partial charge in [0.2, 0.25) is 5.91 Å². The molecule has 0 aliphatic carbocycles. The van der Waals surface area contributed by atoms with E-state index >= 15 is 0 Å². The highest BCUT2D eigenvalue weighted by atomic mass is 32.1. The van der Waals surface area contributed by atoms with Gasteiger partial charge in [0.25, 0.3) is 0 Å². The molecule has 94 valence electrons. The third-order valence-corrected chi connectivity index (χ3v) is 3.60. The fraction of sp³-hybridized carbons (Fsp3) is 0.417. The molecule has 1 amide bonds. The molecule has 0 radical (unpaired) electrons. The second kappa shape index (κ2) is 4.20. The lowest BCUT2D eigenvalue weighted by Crippen LogP contribution is -2.36. The number of carbonyl (C=O) groups is 1. The number of amides is 1. The summed E-state index contributed by atoms with van der Waals surface area (Å²) in [5.41, 5.74) is 2.92. The number of pyridine rings is 1. The predicted molar refractivity (Wildman–Crippen MR) is 70.9 cm³/mol. The lowest BCUT2D eigenvalue weighted by atomic mass is 10.1. The van der Waals surface area contributed by atoms with Crippen molar-refractivity contribution in [3.8, 4) is 0 Å². The molecule has 0 spiro atoms. The quantitative estimate of drug-likeness (QED) is 0.771. The average molecular weight is 262 g/mol. The zero-order valence-electron chi connectivity index (χ0n) is 10.1. The molecule has 2 aromatic rings. The smallest absolute Gasteiger partial charge is 0.220 e. The number of imidazole rings is 1. The number of carbonyl (C=O) groups excluding carboxylic acids is 1. The van der Waals surface area contributed by atoms with Crippen LogP contribution in [0.25, 0.3) is 11.2 Å². The van der Waals surface area contributed by atoms with Gasteiger partial charge in [-0.3, -0.25) is 9.36 Å². The minimum absolute atomic E-state index is 0.112. The van der Waals surface area contributed by atoms with Crippen LogP contribution in [0.1, 0.15) is 24.4 Å². The first-order valence-corrected chi connectivity index (χ1v) is 6.39. The van der Waals surface area contributed by atoms with Gasteiger partial charge in [0.15, 0.2) is 10.4 Å². The van der Waals surface area contributed by atoms with Crippen LogP contribution < -0.4 is 5.32 Å². The molecule has 1 aliphatic heterocycles. The van der Waals surface area contributed by atoms with Crippen molar-refractivity contribution in [3.63, 3.8) is 0 Å². The van der Waals surface area contributed by atoms with E-state index in [2.05, 4.69) is 15.3 Å². The van der Waals surface area contributed by atoms with Crippen molar-refractivity contribution in [2.75, 3.05) is 6.54 Å². The Hall–Kier alpha value is -1.69. The van der Waals surface area contributed by atoms with Crippen molar-refractivity contribution in [1.29, 1.82) is 0 Å². The number of piperidine rings is 1. The Labute approximate surface area is 109 Å². The number of H-pyrrole nitrogens is 1. The van der Waals surface area contributed by atoms with Crippen molar-refractivity contribution in [2.24, 2.45) is 0 Å². The number of hydrogen-bond donors (Lipinski definition) is 2. The van der Waals surface area contributed by atoms with Crippen LogP contribution in [0, 0.1) is 11.7 Å². The highest BCUT2D eigenvalue weighted by molar-refractivity contribution is 7.71. The SMILES string of the molecule is Cc1cnc2c(c1)[nH]c(=S)n2C1CCC(=O)NC1. The summed E-state index contributed by atoms with van der Waals surface area (Å²) in [5.74, 6) is 0.112. The Morgan fingerprint density at radius 3 is 3.11 bits per heavy atom. The van der Waals surface area contributed by atoms with Crippen molar-refractivity contribution in [2.45, 2.75) is 25.8 Å². The Bertz CT molecular complexity index is 662. The molecule has 3 heterocycles. The summed E-state index contributed by atoms with van der Waals surface area (Å²) >= 11 is 5.36. The summed E-state index contributed by atoms with van der Waals surface area (Å²) in [6, 6.07) is 2.23. The van der Waals surface area contributed by atoms with Crippen LogP contribution >= 0.6 is 12.2 Å². The Morgan fingerprint density at radius 1 is 1.56 bits per heavy atom. The largest absolute Gasteiger partial charge is 0.354 e. The Kier molecular flexibility index (Phi) is 2.66. The molecular weight excluding hydrogens is 248 g/mol. The summed E-state index contributed by atoms with van der Waals surface area (Å²) in [5, 5.41) is 2.88. The molecule has 18 heavy (non-hydrogen) atoms. The number of aromatic nitrogens is 3. The van der Waals surface area contributed by atoms with Gasteiger partial charge in [-0.15, -0.1) is 0 Å². The minimum atomic E-state index is 0.112. The molecule has 6 heteroatoms. The van der Waals surface area contributed by atoms with Crippen molar-refractivity contribution in [3.05, 3.63) is 22.6 Å². The molecule has 5 nitrogen and oxygen atoms in total. The number of aryl methyl sites for hydroxylation is 1. The van der Waals surface area contributed by atoms with Gasteiger partial charge in [0.05, 0.1) is 11.6 Å². The fourth-order valence-electron chi connectivity index (χ4n) is 2.40. The highest BCUT2D eigenvalue weighted by Crippen LogP contribution is 2.23. The van der Waals surface area contributed by atoms with Crippen molar-refractivity contribution >= 4 is 29.3 Å². The van der Waals surface area contributed by atoms with Crippen LogP contribution in [0.15, 0.2) is 12.3 Å². The van der Waals surface area contributed by atoms with Crippen LogP contribution in [-0.2, 0) is 4.79 Å². The van der Waals surface area contributed by atoms with Gasteiger partial charge < -0.3 is 10.3 Å². The van der Waals surface area contributed by atoms with Gasteiger partial charge in [-0.1, -0.05) is 0 Å². The van der Waals surface area contributed by atoms with Gasteiger partial charge in [-0.25, -0.2) is 4.98 Å². The van der Waals surface area contributed by atoms with Crippen LogP contribution in [0.4, 0.5) is 0 Å². The van der Waals surface area contributed by atoms with Crippen molar-refractivity contribution in [1.82, 2.24) is 19.9 Å². The van der Waals surface area contributed by atoms with E-state index in [1.807, 2.05) is 23.8 Å². The summed E-state index contributed by atoms with van der Waals surface area (Å²) in [6.45, 7) is 2.62. The number of hydrogen-bond acceptors (Lipinski definition) is 3. The van der Waals surface area contributed by atoms with E-state index in [1.165, 1.54) is 0 Å². The van der Waals surface area contributed by atoms with E-state index in [0.717, 1.165) is 23.1 Å². The first-order valence-electron chi connectivity index (χ1n) is 5.99. The standard InChI is InChI=1S/C12H14N4OS/c1-7-4-9-11(14-5-7)16(12(18)15-9)8-2-3-10(17)13-6-8/h4-5,8H,2-3,6H2,1H3,(H,13,17)(H,15,18). The van der Waals surface area contributed by atoms with E-state index < -0.39 is 0 Å². The van der Waals surface area contributed by atoms with Gasteiger partial charge in [-0.2, -0.15) is 0 Å². The second-order valence-electron chi connectivity index (χ2n) is 4.68. The van der Waals surface area contributed by atoms with Crippen LogP contribution in [-0.4, -0.2) is 27.0 Å². The third-order valence-electron chi connectivity index (χ3n) is 3.30. The molecule has 0 aromatic carbocycles. The fourth-order valence-corrected chi connectivity index (χ4v) is 2.74. The summed E-state index contributed by atoms with van der Waals surface area (Å²) < 4.78 is 2.69. The molecule has 1 aliphatic rings. The molecule has 1 unspecified atom stereocenters. The maximum absolute atomic E-state index is 11.2. The minimum Gasteiger partial charge on any atom is -0.354 e. The molecular formula is C12H14N4OS. The lowest BCUT2D eigenvalue weighted by molar-refractivity contribution is -0.122. The van der Waals surface area contributed by atoms with E-state index in [-0.39, 0.29) is 11.9 Å². The molecule has 1 saturated heterocycles. The number of fused-ring (bicyclic) bond motifs is 1. The molecule has 1 fully saturated rings. The predicted octanol–water partition coefficient (Wildman–Crippen LogP) is 1.85. The van der Waals surface area contributed by atoms with E-state index in [9.17, 15) is 4.79 Å². The van der Waals surface area contributed by atoms with E-state index in [0.29, 0.717) is 17.7 Å². The highest BCUT2D eigenvalue weighted by Gasteiger charge is 2.22. The molecule has 2 aromatic heterocycles. The lowest BCUT2D eigenvalue weighted by Gasteiger charge is -2.23. The van der Waals surface area contributed by atoms with Crippen LogP contribution in [0.3, 0.4) is 0 Å². The number of nitrogens with zero attached hydrogens (tertiary/aromatic N) is 2. The Morgan fingerprint density at radius 2 is 2.39 bits per heavy atom. The molecule has 2 N–H and O–H groups in total. The molecule has 3 rings (SSSR count).